The minimum atomic E-state index is -3.75. The van der Waals surface area contributed by atoms with Gasteiger partial charge in [0.15, 0.2) is 0 Å². The molecule has 2 rings (SSSR count). The van der Waals surface area contributed by atoms with Crippen LogP contribution in [0.1, 0.15) is 34.5 Å². The van der Waals surface area contributed by atoms with Crippen LogP contribution in [-0.2, 0) is 10.0 Å². The normalized spacial score (nSPS) is 12.6. The molecule has 7 heteroatoms. The maximum atomic E-state index is 12.5. The zero-order chi connectivity index (χ0) is 17.9. The van der Waals surface area contributed by atoms with Gasteiger partial charge >= 0.3 is 0 Å². The molecule has 0 saturated carbocycles. The van der Waals surface area contributed by atoms with Crippen molar-refractivity contribution in [3.05, 3.63) is 59.2 Å². The Morgan fingerprint density at radius 1 is 1.17 bits per heavy atom. The number of carbonyl (C=O) groups is 1. The van der Waals surface area contributed by atoms with E-state index in [4.69, 9.17) is 10.5 Å². The molecule has 0 radical (unpaired) electrons. The lowest BCUT2D eigenvalue weighted by Gasteiger charge is -2.18. The highest BCUT2D eigenvalue weighted by Gasteiger charge is 2.21. The minimum Gasteiger partial charge on any atom is -0.496 e. The highest BCUT2D eigenvalue weighted by Crippen LogP contribution is 2.27. The summed E-state index contributed by atoms with van der Waals surface area (Å²) in [5, 5.41) is 0. The molecule has 3 N–H and O–H groups in total. The molecule has 0 bridgehead atoms. The van der Waals surface area contributed by atoms with Crippen LogP contribution in [0.25, 0.3) is 0 Å². The number of nitrogens with one attached hydrogen (secondary N) is 1. The first kappa shape index (κ1) is 18.0. The smallest absolute Gasteiger partial charge is 0.248 e. The number of benzene rings is 2. The molecule has 0 fully saturated rings. The summed E-state index contributed by atoms with van der Waals surface area (Å²) < 4.78 is 32.9. The van der Waals surface area contributed by atoms with E-state index in [1.54, 1.807) is 13.0 Å². The van der Waals surface area contributed by atoms with Crippen molar-refractivity contribution in [2.75, 3.05) is 7.11 Å². The predicted octanol–water partition coefficient (Wildman–Crippen LogP) is 2.14. The average molecular weight is 348 g/mol. The molecule has 0 aromatic heterocycles. The molecule has 0 saturated heterocycles. The molecule has 1 atom stereocenters. The Morgan fingerprint density at radius 2 is 1.79 bits per heavy atom. The van der Waals surface area contributed by atoms with Crippen molar-refractivity contribution in [2.45, 2.75) is 24.8 Å². The fourth-order valence-corrected chi connectivity index (χ4v) is 3.58. The molecule has 1 unspecified atom stereocenters. The van der Waals surface area contributed by atoms with Gasteiger partial charge in [-0.05, 0) is 44.2 Å². The molecule has 0 heterocycles. The van der Waals surface area contributed by atoms with E-state index in [0.29, 0.717) is 5.75 Å². The Morgan fingerprint density at radius 3 is 2.33 bits per heavy atom. The Balaban J connectivity index is 2.28. The molecule has 128 valence electrons. The molecule has 0 aliphatic heterocycles. The number of rotatable bonds is 6. The summed E-state index contributed by atoms with van der Waals surface area (Å²) in [6.45, 7) is 3.67. The highest BCUT2D eigenvalue weighted by atomic mass is 32.2. The van der Waals surface area contributed by atoms with Crippen molar-refractivity contribution in [2.24, 2.45) is 5.73 Å². The van der Waals surface area contributed by atoms with Crippen LogP contribution >= 0.6 is 0 Å². The Labute approximate surface area is 141 Å². The molecule has 0 aliphatic carbocycles. The van der Waals surface area contributed by atoms with Gasteiger partial charge in [0.2, 0.25) is 15.9 Å². The molecule has 0 aliphatic rings. The standard InChI is InChI=1S/C17H20N2O4S/c1-11-4-9-16(23-3)15(10-11)12(2)19-24(21,22)14-7-5-13(6-8-14)17(18)20/h4-10,12,19H,1-3H3,(H2,18,20). The van der Waals surface area contributed by atoms with Crippen LogP contribution in [0.2, 0.25) is 0 Å². The maximum Gasteiger partial charge on any atom is 0.248 e. The molecular formula is C17H20N2O4S. The van der Waals surface area contributed by atoms with E-state index in [9.17, 15) is 13.2 Å². The van der Waals surface area contributed by atoms with Crippen molar-refractivity contribution in [1.29, 1.82) is 0 Å². The SMILES string of the molecule is COc1ccc(C)cc1C(C)NS(=O)(=O)c1ccc(C(N)=O)cc1. The second-order valence-electron chi connectivity index (χ2n) is 5.48. The summed E-state index contributed by atoms with van der Waals surface area (Å²) in [6.07, 6.45) is 0. The second kappa shape index (κ2) is 7.02. The van der Waals surface area contributed by atoms with Gasteiger partial charge in [0.25, 0.3) is 0 Å². The quantitative estimate of drug-likeness (QED) is 0.835. The predicted molar refractivity (Wildman–Crippen MR) is 91.4 cm³/mol. The fourth-order valence-electron chi connectivity index (χ4n) is 2.35. The minimum absolute atomic E-state index is 0.0611. The van der Waals surface area contributed by atoms with Crippen molar-refractivity contribution >= 4 is 15.9 Å². The van der Waals surface area contributed by atoms with E-state index >= 15 is 0 Å². The van der Waals surface area contributed by atoms with Crippen LogP contribution in [0.5, 0.6) is 5.75 Å². The number of ether oxygens (including phenoxy) is 1. The van der Waals surface area contributed by atoms with Gasteiger partial charge in [-0.1, -0.05) is 17.7 Å². The first-order chi connectivity index (χ1) is 11.2. The van der Waals surface area contributed by atoms with Crippen molar-refractivity contribution in [1.82, 2.24) is 4.72 Å². The van der Waals surface area contributed by atoms with Crippen LogP contribution in [0.4, 0.5) is 0 Å². The largest absolute Gasteiger partial charge is 0.496 e. The Bertz CT molecular complexity index is 845. The summed E-state index contributed by atoms with van der Waals surface area (Å²) in [5.74, 6) is 0.00430. The Kier molecular flexibility index (Phi) is 5.26. The van der Waals surface area contributed by atoms with Gasteiger partial charge in [0.1, 0.15) is 5.75 Å². The van der Waals surface area contributed by atoms with Crippen molar-refractivity contribution < 1.29 is 17.9 Å². The molecule has 0 spiro atoms. The van der Waals surface area contributed by atoms with Crippen LogP contribution in [0.3, 0.4) is 0 Å². The number of hydrogen-bond acceptors (Lipinski definition) is 4. The lowest BCUT2D eigenvalue weighted by molar-refractivity contribution is 0.1000. The summed E-state index contributed by atoms with van der Waals surface area (Å²) in [5.41, 5.74) is 7.16. The van der Waals surface area contributed by atoms with Gasteiger partial charge in [0.05, 0.1) is 12.0 Å². The van der Waals surface area contributed by atoms with Gasteiger partial charge in [-0.15, -0.1) is 0 Å². The zero-order valence-electron chi connectivity index (χ0n) is 13.7. The van der Waals surface area contributed by atoms with Gasteiger partial charge in [0, 0.05) is 17.2 Å². The van der Waals surface area contributed by atoms with Crippen LogP contribution in [-0.4, -0.2) is 21.4 Å². The van der Waals surface area contributed by atoms with Crippen LogP contribution < -0.4 is 15.2 Å². The third-order valence-corrected chi connectivity index (χ3v) is 5.19. The van der Waals surface area contributed by atoms with E-state index in [2.05, 4.69) is 4.72 Å². The molecule has 24 heavy (non-hydrogen) atoms. The van der Waals surface area contributed by atoms with Crippen LogP contribution in [0.15, 0.2) is 47.4 Å². The number of amides is 1. The van der Waals surface area contributed by atoms with Crippen LogP contribution in [0, 0.1) is 6.92 Å². The number of aryl methyl sites for hydroxylation is 1. The first-order valence-corrected chi connectivity index (χ1v) is 8.79. The second-order valence-corrected chi connectivity index (χ2v) is 7.19. The summed E-state index contributed by atoms with van der Waals surface area (Å²) in [7, 11) is -2.21. The monoisotopic (exact) mass is 348 g/mol. The molecule has 2 aromatic carbocycles. The molecule has 2 aromatic rings. The number of sulfonamides is 1. The summed E-state index contributed by atoms with van der Waals surface area (Å²) in [4.78, 5) is 11.1. The summed E-state index contributed by atoms with van der Waals surface area (Å²) in [6, 6.07) is 10.6. The Hall–Kier alpha value is -2.38. The third-order valence-electron chi connectivity index (χ3n) is 3.63. The van der Waals surface area contributed by atoms with Gasteiger partial charge < -0.3 is 10.5 Å². The lowest BCUT2D eigenvalue weighted by atomic mass is 10.1. The van der Waals surface area contributed by atoms with E-state index in [1.165, 1.54) is 31.4 Å². The van der Waals surface area contributed by atoms with Gasteiger partial charge in [-0.3, -0.25) is 4.79 Å². The molecular weight excluding hydrogens is 328 g/mol. The number of hydrogen-bond donors (Lipinski definition) is 2. The highest BCUT2D eigenvalue weighted by molar-refractivity contribution is 7.89. The van der Waals surface area contributed by atoms with E-state index in [1.807, 2.05) is 19.1 Å². The van der Waals surface area contributed by atoms with E-state index in [0.717, 1.165) is 11.1 Å². The maximum absolute atomic E-state index is 12.5. The topological polar surface area (TPSA) is 98.5 Å². The number of carbonyl (C=O) groups excluding carboxylic acids is 1. The van der Waals surface area contributed by atoms with E-state index < -0.39 is 22.0 Å². The zero-order valence-corrected chi connectivity index (χ0v) is 14.6. The van der Waals surface area contributed by atoms with Crippen molar-refractivity contribution in [3.63, 3.8) is 0 Å². The molecule has 6 nitrogen and oxygen atoms in total. The lowest BCUT2D eigenvalue weighted by Crippen LogP contribution is -2.27. The van der Waals surface area contributed by atoms with Gasteiger partial charge in [-0.25, -0.2) is 13.1 Å². The summed E-state index contributed by atoms with van der Waals surface area (Å²) >= 11 is 0. The third kappa shape index (κ3) is 3.93. The van der Waals surface area contributed by atoms with Gasteiger partial charge in [-0.2, -0.15) is 0 Å². The number of primary amides is 1. The number of methoxy groups -OCH3 is 1. The average Bonchev–Trinajstić information content (AvgIpc) is 2.54. The first-order valence-electron chi connectivity index (χ1n) is 7.31. The van der Waals surface area contributed by atoms with Crippen molar-refractivity contribution in [3.8, 4) is 5.75 Å². The molecule has 1 amide bonds. The fraction of sp³-hybridized carbons (Fsp3) is 0.235. The van der Waals surface area contributed by atoms with E-state index in [-0.39, 0.29) is 10.5 Å². The number of nitrogens with two attached hydrogens (primary N) is 1.